The highest BCUT2D eigenvalue weighted by Gasteiger charge is 2.37. The molecule has 1 atom stereocenters. The molecule has 4 rings (SSSR count). The average molecular weight is 523 g/mol. The molecule has 2 heterocycles. The van der Waals surface area contributed by atoms with Gasteiger partial charge in [0.25, 0.3) is 5.91 Å². The van der Waals surface area contributed by atoms with Gasteiger partial charge in [0.15, 0.2) is 0 Å². The van der Waals surface area contributed by atoms with Gasteiger partial charge in [-0.15, -0.1) is 0 Å². The molecule has 2 aromatic carbocycles. The van der Waals surface area contributed by atoms with Crippen molar-refractivity contribution in [3.05, 3.63) is 77.5 Å². The molecule has 1 fully saturated rings. The number of imide groups is 1. The molecular formula is C27H30N4O7. The number of hydrogen-bond acceptors (Lipinski definition) is 6. The molecule has 0 bridgehead atoms. The highest BCUT2D eigenvalue weighted by Crippen LogP contribution is 2.22. The van der Waals surface area contributed by atoms with Gasteiger partial charge in [-0.25, -0.2) is 14.4 Å². The molecule has 1 aliphatic rings. The van der Waals surface area contributed by atoms with E-state index in [2.05, 4.69) is 16.4 Å². The molecule has 0 radical (unpaired) electrons. The second-order valence-electron chi connectivity index (χ2n) is 8.54. The van der Waals surface area contributed by atoms with Crippen LogP contribution in [0, 0.1) is 0 Å². The van der Waals surface area contributed by atoms with Gasteiger partial charge in [-0.2, -0.15) is 0 Å². The number of carbonyl (C=O) groups is 4. The predicted molar refractivity (Wildman–Crippen MR) is 140 cm³/mol. The highest BCUT2D eigenvalue weighted by molar-refractivity contribution is 6.04. The summed E-state index contributed by atoms with van der Waals surface area (Å²) >= 11 is 0. The first-order valence-corrected chi connectivity index (χ1v) is 11.9. The third kappa shape index (κ3) is 7.43. The van der Waals surface area contributed by atoms with Crippen LogP contribution in [-0.4, -0.2) is 70.2 Å². The molecule has 0 aliphatic carbocycles. The van der Waals surface area contributed by atoms with E-state index in [1.165, 1.54) is 4.90 Å². The zero-order chi connectivity index (χ0) is 27.7. The zero-order valence-electron chi connectivity index (χ0n) is 20.8. The Balaban J connectivity index is 0.000000436. The molecule has 0 spiro atoms. The molecule has 11 nitrogen and oxygen atoms in total. The number of aromatic nitrogens is 1. The van der Waals surface area contributed by atoms with Gasteiger partial charge in [-0.05, 0) is 60.3 Å². The number of ether oxygens (including phenoxy) is 1. The van der Waals surface area contributed by atoms with Gasteiger partial charge in [-0.3, -0.25) is 9.69 Å². The van der Waals surface area contributed by atoms with Crippen LogP contribution in [0.2, 0.25) is 0 Å². The number of rotatable bonds is 10. The first-order chi connectivity index (χ1) is 18.2. The quantitative estimate of drug-likeness (QED) is 0.199. The van der Waals surface area contributed by atoms with Crippen LogP contribution in [0.5, 0.6) is 5.75 Å². The summed E-state index contributed by atoms with van der Waals surface area (Å²) in [5.74, 6) is -1.91. The lowest BCUT2D eigenvalue weighted by atomic mass is 10.0. The van der Waals surface area contributed by atoms with Crippen molar-refractivity contribution in [3.8, 4) is 5.75 Å². The molecule has 1 aromatic heterocycles. The maximum Gasteiger partial charge on any atom is 0.328 e. The third-order valence-corrected chi connectivity index (χ3v) is 5.94. The number of aromatic amines is 1. The van der Waals surface area contributed by atoms with Crippen LogP contribution < -0.4 is 15.8 Å². The van der Waals surface area contributed by atoms with Crippen molar-refractivity contribution in [3.63, 3.8) is 0 Å². The Labute approximate surface area is 218 Å². The fraction of sp³-hybridized carbons (Fsp3) is 0.259. The van der Waals surface area contributed by atoms with E-state index in [-0.39, 0.29) is 11.9 Å². The number of carbonyl (C=O) groups excluding carboxylic acids is 2. The fourth-order valence-corrected chi connectivity index (χ4v) is 4.05. The molecule has 3 aromatic rings. The number of urea groups is 1. The molecule has 38 heavy (non-hydrogen) atoms. The van der Waals surface area contributed by atoms with E-state index in [0.717, 1.165) is 39.8 Å². The van der Waals surface area contributed by atoms with E-state index in [1.54, 1.807) is 7.11 Å². The smallest absolute Gasteiger partial charge is 0.328 e. The van der Waals surface area contributed by atoms with E-state index >= 15 is 0 Å². The molecule has 1 unspecified atom stereocenters. The van der Waals surface area contributed by atoms with Crippen molar-refractivity contribution in [2.24, 2.45) is 5.73 Å². The molecular weight excluding hydrogens is 492 g/mol. The summed E-state index contributed by atoms with van der Waals surface area (Å²) in [5, 5.41) is 19.6. The average Bonchev–Trinajstić information content (AvgIpc) is 3.41. The van der Waals surface area contributed by atoms with Gasteiger partial charge in [0, 0.05) is 42.2 Å². The number of nitrogens with two attached hydrogens (primary N) is 1. The first kappa shape index (κ1) is 27.9. The van der Waals surface area contributed by atoms with Gasteiger partial charge in [0.05, 0.1) is 7.11 Å². The molecule has 1 aliphatic heterocycles. The maximum absolute atomic E-state index is 12.8. The standard InChI is InChI=1S/C23H26N4O3.C4H4O4/c1-30-18-5-2-15(3-6-18)9-11-27-22(28)21(26-23(27)29)13-16-4-7-20-19(12-16)17(8-10-24)14-25-20;5-3(6)1-2-4(7)8/h2-7,12,14,21,25H,8-11,13,24H2,1H3,(H,26,29);1-2H,(H,5,6)(H,7,8)/b;2-1-. The summed E-state index contributed by atoms with van der Waals surface area (Å²) in [4.78, 5) is 48.9. The minimum Gasteiger partial charge on any atom is -0.497 e. The van der Waals surface area contributed by atoms with Crippen LogP contribution in [0.25, 0.3) is 10.9 Å². The number of methoxy groups -OCH3 is 1. The van der Waals surface area contributed by atoms with Crippen molar-refractivity contribution in [2.75, 3.05) is 20.2 Å². The summed E-state index contributed by atoms with van der Waals surface area (Å²) < 4.78 is 5.16. The van der Waals surface area contributed by atoms with Crippen LogP contribution in [-0.2, 0) is 33.6 Å². The minimum absolute atomic E-state index is 0.176. The Morgan fingerprint density at radius 3 is 2.29 bits per heavy atom. The van der Waals surface area contributed by atoms with E-state index in [1.807, 2.05) is 42.6 Å². The number of hydrogen-bond donors (Lipinski definition) is 5. The predicted octanol–water partition coefficient (Wildman–Crippen LogP) is 2.10. The number of amides is 3. The first-order valence-electron chi connectivity index (χ1n) is 11.9. The summed E-state index contributed by atoms with van der Waals surface area (Å²) in [7, 11) is 1.62. The lowest BCUT2D eigenvalue weighted by molar-refractivity contribution is -0.134. The number of nitrogens with zero attached hydrogens (tertiary/aromatic N) is 1. The Bertz CT molecular complexity index is 1310. The van der Waals surface area contributed by atoms with Crippen LogP contribution >= 0.6 is 0 Å². The van der Waals surface area contributed by atoms with Crippen molar-refractivity contribution >= 4 is 34.8 Å². The van der Waals surface area contributed by atoms with Crippen molar-refractivity contribution in [1.82, 2.24) is 15.2 Å². The molecule has 200 valence electrons. The fourth-order valence-electron chi connectivity index (χ4n) is 4.05. The number of benzene rings is 2. The van der Waals surface area contributed by atoms with Crippen molar-refractivity contribution < 1.29 is 34.1 Å². The van der Waals surface area contributed by atoms with Gasteiger partial charge in [0.2, 0.25) is 0 Å². The Morgan fingerprint density at radius 1 is 1.03 bits per heavy atom. The number of carboxylic acid groups (broad SMARTS) is 2. The second-order valence-corrected chi connectivity index (χ2v) is 8.54. The van der Waals surface area contributed by atoms with Crippen LogP contribution in [0.4, 0.5) is 4.79 Å². The molecule has 6 N–H and O–H groups in total. The maximum atomic E-state index is 12.8. The third-order valence-electron chi connectivity index (χ3n) is 5.94. The summed E-state index contributed by atoms with van der Waals surface area (Å²) in [5.41, 5.74) is 9.96. The number of nitrogens with one attached hydrogen (secondary N) is 2. The van der Waals surface area contributed by atoms with E-state index in [4.69, 9.17) is 20.7 Å². The Kier molecular flexibility index (Phi) is 9.60. The van der Waals surface area contributed by atoms with Gasteiger partial charge < -0.3 is 31.0 Å². The van der Waals surface area contributed by atoms with Gasteiger partial charge >= 0.3 is 18.0 Å². The number of aliphatic carboxylic acids is 2. The Morgan fingerprint density at radius 2 is 1.68 bits per heavy atom. The van der Waals surface area contributed by atoms with Crippen molar-refractivity contribution in [1.29, 1.82) is 0 Å². The topological polar surface area (TPSA) is 175 Å². The molecule has 3 amide bonds. The summed E-state index contributed by atoms with van der Waals surface area (Å²) in [6, 6.07) is 12.8. The summed E-state index contributed by atoms with van der Waals surface area (Å²) in [6.07, 6.45) is 4.96. The SMILES string of the molecule is COc1ccc(CCN2C(=O)NC(Cc3ccc4[nH]cc(CCN)c4c3)C2=O)cc1.O=C(O)/C=C\C(=O)O. The van der Waals surface area contributed by atoms with Crippen molar-refractivity contribution in [2.45, 2.75) is 25.3 Å². The monoisotopic (exact) mass is 522 g/mol. The van der Waals surface area contributed by atoms with E-state index < -0.39 is 18.0 Å². The summed E-state index contributed by atoms with van der Waals surface area (Å²) in [6.45, 7) is 0.933. The Hall–Kier alpha value is -4.64. The second kappa shape index (κ2) is 13.1. The number of H-pyrrole nitrogens is 1. The minimum atomic E-state index is -1.26. The lowest BCUT2D eigenvalue weighted by Gasteiger charge is -2.13. The number of carboxylic acids is 2. The largest absolute Gasteiger partial charge is 0.497 e. The van der Waals surface area contributed by atoms with Gasteiger partial charge in [0.1, 0.15) is 11.8 Å². The van der Waals surface area contributed by atoms with Crippen LogP contribution in [0.1, 0.15) is 16.7 Å². The van der Waals surface area contributed by atoms with E-state index in [9.17, 15) is 19.2 Å². The molecule has 1 saturated heterocycles. The highest BCUT2D eigenvalue weighted by atomic mass is 16.5. The van der Waals surface area contributed by atoms with E-state index in [0.29, 0.717) is 38.1 Å². The normalized spacial score (nSPS) is 14.9. The molecule has 11 heteroatoms. The number of fused-ring (bicyclic) bond motifs is 1. The zero-order valence-corrected chi connectivity index (χ0v) is 20.8. The molecule has 0 saturated carbocycles. The van der Waals surface area contributed by atoms with Crippen LogP contribution in [0.3, 0.4) is 0 Å². The van der Waals surface area contributed by atoms with Crippen LogP contribution in [0.15, 0.2) is 60.8 Å². The lowest BCUT2D eigenvalue weighted by Crippen LogP contribution is -2.33. The van der Waals surface area contributed by atoms with Gasteiger partial charge in [-0.1, -0.05) is 18.2 Å².